The van der Waals surface area contributed by atoms with Gasteiger partial charge in [-0.2, -0.15) is 5.10 Å². The molecule has 1 aliphatic heterocycles. The maximum atomic E-state index is 13.6. The van der Waals surface area contributed by atoms with Gasteiger partial charge in [0.1, 0.15) is 23.0 Å². The molecule has 0 unspecified atom stereocenters. The first-order valence-corrected chi connectivity index (χ1v) is 15.6. The zero-order valence-corrected chi connectivity index (χ0v) is 26.2. The van der Waals surface area contributed by atoms with E-state index in [1.165, 1.54) is 16.7 Å². The minimum absolute atomic E-state index is 0.183. The summed E-state index contributed by atoms with van der Waals surface area (Å²) in [5.74, 6) is 1.91. The average Bonchev–Trinajstić information content (AvgIpc) is 3.70. The van der Waals surface area contributed by atoms with Crippen LogP contribution in [0.3, 0.4) is 0 Å². The van der Waals surface area contributed by atoms with Crippen LogP contribution >= 0.6 is 11.8 Å². The maximum Gasteiger partial charge on any atom is 0.267 e. The Balaban J connectivity index is 1.18. The lowest BCUT2D eigenvalue weighted by Crippen LogP contribution is -2.28. The van der Waals surface area contributed by atoms with Gasteiger partial charge in [-0.05, 0) is 84.9 Å². The molecule has 47 heavy (non-hydrogen) atoms. The number of anilines is 1. The van der Waals surface area contributed by atoms with Crippen molar-refractivity contribution in [1.82, 2.24) is 4.90 Å². The molecule has 1 aromatic heterocycles. The van der Waals surface area contributed by atoms with Crippen LogP contribution in [-0.4, -0.2) is 34.7 Å². The van der Waals surface area contributed by atoms with Gasteiger partial charge in [0.15, 0.2) is 11.8 Å². The van der Waals surface area contributed by atoms with Gasteiger partial charge in [-0.1, -0.05) is 66.2 Å². The first-order valence-electron chi connectivity index (χ1n) is 14.8. The van der Waals surface area contributed by atoms with Gasteiger partial charge in [0.05, 0.1) is 23.9 Å². The molecule has 1 N–H and O–H groups in total. The molecule has 0 atom stereocenters. The highest BCUT2D eigenvalue weighted by molar-refractivity contribution is 8.18. The van der Waals surface area contributed by atoms with Gasteiger partial charge in [0.25, 0.3) is 11.8 Å². The SMILES string of the molecule is Cc1ccc(NC(=O)COc2ccccc2/C=C2\S/C(=N\N=C\c3cccc(Oc4ccccc4)c3)N(Cc3ccco3)C2=O)cc1. The van der Waals surface area contributed by atoms with E-state index in [2.05, 4.69) is 15.5 Å². The highest BCUT2D eigenvalue weighted by Crippen LogP contribution is 2.35. The van der Waals surface area contributed by atoms with E-state index in [4.69, 9.17) is 13.9 Å². The van der Waals surface area contributed by atoms with E-state index < -0.39 is 0 Å². The minimum atomic E-state index is -0.295. The number of furan rings is 1. The Morgan fingerprint density at radius 3 is 2.51 bits per heavy atom. The zero-order chi connectivity index (χ0) is 32.4. The highest BCUT2D eigenvalue weighted by Gasteiger charge is 2.34. The van der Waals surface area contributed by atoms with Crippen LogP contribution in [0.2, 0.25) is 0 Å². The molecule has 0 spiro atoms. The summed E-state index contributed by atoms with van der Waals surface area (Å²) in [6.45, 7) is 1.97. The zero-order valence-electron chi connectivity index (χ0n) is 25.4. The lowest BCUT2D eigenvalue weighted by Gasteiger charge is -2.12. The molecular formula is C37H30N4O5S. The number of para-hydroxylation sites is 2. The minimum Gasteiger partial charge on any atom is -0.483 e. The van der Waals surface area contributed by atoms with Crippen LogP contribution in [0, 0.1) is 6.92 Å². The highest BCUT2D eigenvalue weighted by atomic mass is 32.2. The second kappa shape index (κ2) is 14.9. The first kappa shape index (κ1) is 31.1. The van der Waals surface area contributed by atoms with Crippen molar-refractivity contribution in [3.63, 3.8) is 0 Å². The van der Waals surface area contributed by atoms with E-state index in [0.29, 0.717) is 38.6 Å². The Hall–Kier alpha value is -5.87. The van der Waals surface area contributed by atoms with Crippen LogP contribution < -0.4 is 14.8 Å². The van der Waals surface area contributed by atoms with Crippen molar-refractivity contribution in [2.75, 3.05) is 11.9 Å². The molecule has 2 heterocycles. The number of thioether (sulfide) groups is 1. The molecule has 1 saturated heterocycles. The third-order valence-corrected chi connectivity index (χ3v) is 7.87. The van der Waals surface area contributed by atoms with E-state index in [9.17, 15) is 9.59 Å². The quantitative estimate of drug-likeness (QED) is 0.0892. The Labute approximate surface area is 276 Å². The number of nitrogens with zero attached hydrogens (tertiary/aromatic N) is 3. The number of rotatable bonds is 11. The summed E-state index contributed by atoms with van der Waals surface area (Å²) < 4.78 is 17.3. The summed E-state index contributed by atoms with van der Waals surface area (Å²) in [5, 5.41) is 11.9. The molecule has 234 valence electrons. The molecule has 1 fully saturated rings. The molecule has 10 heteroatoms. The fraction of sp³-hybridized carbons (Fsp3) is 0.0811. The van der Waals surface area contributed by atoms with Gasteiger partial charge < -0.3 is 19.2 Å². The maximum absolute atomic E-state index is 13.6. The molecule has 0 aliphatic carbocycles. The number of amides is 2. The Morgan fingerprint density at radius 2 is 1.70 bits per heavy atom. The van der Waals surface area contributed by atoms with Crippen LogP contribution in [0.1, 0.15) is 22.5 Å². The van der Waals surface area contributed by atoms with E-state index >= 15 is 0 Å². The van der Waals surface area contributed by atoms with Crippen molar-refractivity contribution in [1.29, 1.82) is 0 Å². The summed E-state index contributed by atoms with van der Waals surface area (Å²) >= 11 is 1.19. The van der Waals surface area contributed by atoms with Crippen molar-refractivity contribution in [3.05, 3.63) is 149 Å². The lowest BCUT2D eigenvalue weighted by molar-refractivity contribution is -0.122. The summed E-state index contributed by atoms with van der Waals surface area (Å²) in [7, 11) is 0. The number of carbonyl (C=O) groups is 2. The Kier molecular flexibility index (Phi) is 9.89. The molecule has 0 bridgehead atoms. The predicted molar refractivity (Wildman–Crippen MR) is 185 cm³/mol. The number of hydrogen-bond donors (Lipinski definition) is 1. The van der Waals surface area contributed by atoms with Crippen molar-refractivity contribution in [3.8, 4) is 17.2 Å². The number of hydrogen-bond acceptors (Lipinski definition) is 8. The standard InChI is InChI=1S/C37H30N4O5S/c1-26-16-18-29(19-17-26)39-35(42)25-45-33-15-6-5-10-28(33)22-34-36(43)41(24-32-14-8-20-44-32)37(47-34)40-38-23-27-9-7-13-31(21-27)46-30-11-3-2-4-12-30/h2-23H,24-25H2,1H3,(H,39,42)/b34-22-,38-23+,40-37-. The predicted octanol–water partition coefficient (Wildman–Crippen LogP) is 7.90. The summed E-state index contributed by atoms with van der Waals surface area (Å²) in [6, 6.07) is 35.3. The van der Waals surface area contributed by atoms with Crippen molar-refractivity contribution < 1.29 is 23.5 Å². The summed E-state index contributed by atoms with van der Waals surface area (Å²) in [6.07, 6.45) is 4.89. The van der Waals surface area contributed by atoms with Crippen LogP contribution in [0.4, 0.5) is 5.69 Å². The number of nitrogens with one attached hydrogen (secondary N) is 1. The molecule has 2 amide bonds. The fourth-order valence-corrected chi connectivity index (χ4v) is 5.48. The van der Waals surface area contributed by atoms with Crippen LogP contribution in [0.15, 0.2) is 141 Å². The van der Waals surface area contributed by atoms with Gasteiger partial charge in [-0.15, -0.1) is 5.10 Å². The van der Waals surface area contributed by atoms with Crippen molar-refractivity contribution in [2.24, 2.45) is 10.2 Å². The van der Waals surface area contributed by atoms with Gasteiger partial charge in [0, 0.05) is 11.3 Å². The normalized spacial score (nSPS) is 14.7. The first-order chi connectivity index (χ1) is 23.0. The van der Waals surface area contributed by atoms with Gasteiger partial charge in [-0.25, -0.2) is 0 Å². The van der Waals surface area contributed by atoms with Crippen LogP contribution in [0.25, 0.3) is 6.08 Å². The third-order valence-electron chi connectivity index (χ3n) is 6.87. The second-order valence-corrected chi connectivity index (χ2v) is 11.4. The number of ether oxygens (including phenoxy) is 2. The molecule has 0 radical (unpaired) electrons. The smallest absolute Gasteiger partial charge is 0.267 e. The molecule has 5 aromatic rings. The van der Waals surface area contributed by atoms with E-state index in [0.717, 1.165) is 16.9 Å². The third kappa shape index (κ3) is 8.44. The Bertz CT molecular complexity index is 1940. The Morgan fingerprint density at radius 1 is 0.915 bits per heavy atom. The van der Waals surface area contributed by atoms with E-state index in [-0.39, 0.29) is 25.0 Å². The van der Waals surface area contributed by atoms with Gasteiger partial charge in [0.2, 0.25) is 0 Å². The molecule has 9 nitrogen and oxygen atoms in total. The van der Waals surface area contributed by atoms with Crippen LogP contribution in [0.5, 0.6) is 17.2 Å². The number of benzene rings is 4. The molecule has 0 saturated carbocycles. The molecular weight excluding hydrogens is 612 g/mol. The van der Waals surface area contributed by atoms with Gasteiger partial charge >= 0.3 is 0 Å². The largest absolute Gasteiger partial charge is 0.483 e. The van der Waals surface area contributed by atoms with Crippen molar-refractivity contribution >= 4 is 46.7 Å². The number of carbonyl (C=O) groups excluding carboxylic acids is 2. The fourth-order valence-electron chi connectivity index (χ4n) is 4.56. The van der Waals surface area contributed by atoms with E-state index in [1.54, 1.807) is 36.8 Å². The molecule has 1 aliphatic rings. The lowest BCUT2D eigenvalue weighted by atomic mass is 10.2. The number of amidine groups is 1. The average molecular weight is 643 g/mol. The topological polar surface area (TPSA) is 106 Å². The summed E-state index contributed by atoms with van der Waals surface area (Å²) in [5.41, 5.74) is 3.21. The molecule has 6 rings (SSSR count). The monoisotopic (exact) mass is 642 g/mol. The molecule has 4 aromatic carbocycles. The van der Waals surface area contributed by atoms with Crippen LogP contribution in [-0.2, 0) is 16.1 Å². The van der Waals surface area contributed by atoms with E-state index in [1.807, 2.05) is 104 Å². The number of aryl methyl sites for hydroxylation is 1. The van der Waals surface area contributed by atoms with Gasteiger partial charge in [-0.3, -0.25) is 14.5 Å². The summed E-state index contributed by atoms with van der Waals surface area (Å²) in [4.78, 5) is 28.1. The van der Waals surface area contributed by atoms with Crippen molar-refractivity contribution in [2.45, 2.75) is 13.5 Å². The second-order valence-electron chi connectivity index (χ2n) is 10.4.